The maximum absolute atomic E-state index is 12.2. The van der Waals surface area contributed by atoms with Crippen LogP contribution in [0.3, 0.4) is 0 Å². The average molecular weight is 281 g/mol. The lowest BCUT2D eigenvalue weighted by molar-refractivity contribution is 0.0913. The van der Waals surface area contributed by atoms with E-state index in [2.05, 4.69) is 5.32 Å². The van der Waals surface area contributed by atoms with Gasteiger partial charge in [-0.15, -0.1) is 0 Å². The summed E-state index contributed by atoms with van der Waals surface area (Å²) in [5, 5.41) is 2.34. The minimum absolute atomic E-state index is 0.127. The maximum Gasteiger partial charge on any atom is 0.252 e. The van der Waals surface area contributed by atoms with Gasteiger partial charge in [0.1, 0.15) is 0 Å². The molecule has 0 radical (unpaired) electrons. The number of carbonyl (C=O) groups is 1. The number of benzene rings is 1. The van der Waals surface area contributed by atoms with E-state index < -0.39 is 15.1 Å². The standard InChI is InChI=1S/C14H19NO3S/c1-10(2)19(17,18)13-9-4-3-8-12(13)14(16)15-11-6-5-7-11/h3-4,8-11H,5-7H2,1-2H3,(H,15,16). The zero-order chi connectivity index (χ0) is 14.0. The van der Waals surface area contributed by atoms with Crippen molar-refractivity contribution in [3.8, 4) is 0 Å². The van der Waals surface area contributed by atoms with Gasteiger partial charge in [-0.25, -0.2) is 8.42 Å². The molecule has 0 bridgehead atoms. The first-order chi connectivity index (χ1) is 8.93. The van der Waals surface area contributed by atoms with Gasteiger partial charge in [-0.05, 0) is 45.2 Å². The molecule has 1 N–H and O–H groups in total. The molecule has 1 aliphatic rings. The fourth-order valence-corrected chi connectivity index (χ4v) is 3.22. The van der Waals surface area contributed by atoms with E-state index in [-0.39, 0.29) is 22.4 Å². The van der Waals surface area contributed by atoms with Crippen molar-refractivity contribution in [2.24, 2.45) is 0 Å². The van der Waals surface area contributed by atoms with Crippen molar-refractivity contribution in [2.45, 2.75) is 49.3 Å². The molecule has 1 amide bonds. The normalized spacial score (nSPS) is 16.2. The van der Waals surface area contributed by atoms with Gasteiger partial charge in [-0.3, -0.25) is 4.79 Å². The lowest BCUT2D eigenvalue weighted by atomic mass is 9.93. The molecule has 1 aromatic carbocycles. The topological polar surface area (TPSA) is 63.2 Å². The van der Waals surface area contributed by atoms with Crippen LogP contribution >= 0.6 is 0 Å². The summed E-state index contributed by atoms with van der Waals surface area (Å²) >= 11 is 0. The van der Waals surface area contributed by atoms with E-state index in [1.807, 2.05) is 0 Å². The Morgan fingerprint density at radius 2 is 1.89 bits per heavy atom. The predicted molar refractivity (Wildman–Crippen MR) is 73.9 cm³/mol. The van der Waals surface area contributed by atoms with E-state index in [1.54, 1.807) is 32.0 Å². The van der Waals surface area contributed by atoms with Crippen molar-refractivity contribution < 1.29 is 13.2 Å². The Morgan fingerprint density at radius 3 is 2.42 bits per heavy atom. The number of hydrogen-bond acceptors (Lipinski definition) is 3. The Morgan fingerprint density at radius 1 is 1.26 bits per heavy atom. The van der Waals surface area contributed by atoms with Gasteiger partial charge < -0.3 is 5.32 Å². The summed E-state index contributed by atoms with van der Waals surface area (Å²) < 4.78 is 24.5. The quantitative estimate of drug-likeness (QED) is 0.919. The van der Waals surface area contributed by atoms with E-state index in [4.69, 9.17) is 0 Å². The lowest BCUT2D eigenvalue weighted by Crippen LogP contribution is -2.40. The second-order valence-corrected chi connectivity index (χ2v) is 7.66. The van der Waals surface area contributed by atoms with Crippen LogP contribution in [0.5, 0.6) is 0 Å². The molecule has 0 aliphatic heterocycles. The third kappa shape index (κ3) is 2.81. The van der Waals surface area contributed by atoms with E-state index in [9.17, 15) is 13.2 Å². The number of amides is 1. The van der Waals surface area contributed by atoms with E-state index in [1.165, 1.54) is 6.07 Å². The number of nitrogens with one attached hydrogen (secondary N) is 1. The Labute approximate surface area is 114 Å². The van der Waals surface area contributed by atoms with Crippen molar-refractivity contribution in [1.82, 2.24) is 5.32 Å². The molecule has 2 rings (SSSR count). The molecule has 0 saturated heterocycles. The summed E-state index contributed by atoms with van der Waals surface area (Å²) in [6.45, 7) is 3.24. The van der Waals surface area contributed by atoms with E-state index in [0.717, 1.165) is 19.3 Å². The van der Waals surface area contributed by atoms with Crippen molar-refractivity contribution in [1.29, 1.82) is 0 Å². The van der Waals surface area contributed by atoms with Gasteiger partial charge in [-0.1, -0.05) is 12.1 Å². The van der Waals surface area contributed by atoms with Crippen molar-refractivity contribution >= 4 is 15.7 Å². The molecule has 19 heavy (non-hydrogen) atoms. The highest BCUT2D eigenvalue weighted by Gasteiger charge is 2.27. The van der Waals surface area contributed by atoms with Gasteiger partial charge in [0.05, 0.1) is 15.7 Å². The predicted octanol–water partition coefficient (Wildman–Crippen LogP) is 2.15. The van der Waals surface area contributed by atoms with Crippen LogP contribution < -0.4 is 5.32 Å². The van der Waals surface area contributed by atoms with Crippen LogP contribution in [0.15, 0.2) is 29.2 Å². The largest absolute Gasteiger partial charge is 0.349 e. The van der Waals surface area contributed by atoms with Crippen LogP contribution in [0.1, 0.15) is 43.5 Å². The highest BCUT2D eigenvalue weighted by molar-refractivity contribution is 7.92. The first kappa shape index (κ1) is 14.1. The lowest BCUT2D eigenvalue weighted by Gasteiger charge is -2.26. The second kappa shape index (κ2) is 5.33. The Bertz CT molecular complexity index is 574. The Kier molecular flexibility index (Phi) is 3.94. The van der Waals surface area contributed by atoms with Gasteiger partial charge in [0.15, 0.2) is 9.84 Å². The molecule has 1 saturated carbocycles. The van der Waals surface area contributed by atoms with Gasteiger partial charge in [0.25, 0.3) is 5.91 Å². The first-order valence-electron chi connectivity index (χ1n) is 6.56. The van der Waals surface area contributed by atoms with Gasteiger partial charge in [0.2, 0.25) is 0 Å². The van der Waals surface area contributed by atoms with Gasteiger partial charge >= 0.3 is 0 Å². The summed E-state index contributed by atoms with van der Waals surface area (Å²) in [5.41, 5.74) is 0.253. The van der Waals surface area contributed by atoms with Crippen molar-refractivity contribution in [3.63, 3.8) is 0 Å². The average Bonchev–Trinajstić information content (AvgIpc) is 2.33. The summed E-state index contributed by atoms with van der Waals surface area (Å²) in [4.78, 5) is 12.3. The van der Waals surface area contributed by atoms with Crippen molar-refractivity contribution in [2.75, 3.05) is 0 Å². The molecule has 0 heterocycles. The molecule has 0 aromatic heterocycles. The molecular formula is C14H19NO3S. The van der Waals surface area contributed by atoms with Crippen LogP contribution in [0, 0.1) is 0 Å². The van der Waals surface area contributed by atoms with Crippen LogP contribution in [0.25, 0.3) is 0 Å². The maximum atomic E-state index is 12.2. The van der Waals surface area contributed by atoms with E-state index >= 15 is 0 Å². The highest BCUT2D eigenvalue weighted by atomic mass is 32.2. The number of hydrogen-bond donors (Lipinski definition) is 1. The minimum atomic E-state index is -3.44. The molecule has 0 spiro atoms. The zero-order valence-corrected chi connectivity index (χ0v) is 12.0. The molecular weight excluding hydrogens is 262 g/mol. The molecule has 5 heteroatoms. The summed E-state index contributed by atoms with van der Waals surface area (Å²) in [6.07, 6.45) is 3.08. The van der Waals surface area contributed by atoms with Crippen LogP contribution in [-0.2, 0) is 9.84 Å². The summed E-state index contributed by atoms with van der Waals surface area (Å²) in [5.74, 6) is -0.287. The smallest absolute Gasteiger partial charge is 0.252 e. The van der Waals surface area contributed by atoms with E-state index in [0.29, 0.717) is 0 Å². The van der Waals surface area contributed by atoms with Gasteiger partial charge in [0, 0.05) is 6.04 Å². The number of rotatable bonds is 4. The molecule has 0 unspecified atom stereocenters. The summed E-state index contributed by atoms with van der Waals surface area (Å²) in [7, 11) is -3.44. The third-order valence-corrected chi connectivity index (χ3v) is 5.71. The zero-order valence-electron chi connectivity index (χ0n) is 11.2. The SMILES string of the molecule is CC(C)S(=O)(=O)c1ccccc1C(=O)NC1CCC1. The number of carbonyl (C=O) groups excluding carboxylic acids is 1. The van der Waals surface area contributed by atoms with Crippen LogP contribution in [0.2, 0.25) is 0 Å². The van der Waals surface area contributed by atoms with Crippen LogP contribution in [0.4, 0.5) is 0 Å². The fourth-order valence-electron chi connectivity index (χ4n) is 1.97. The highest BCUT2D eigenvalue weighted by Crippen LogP contribution is 2.22. The molecule has 1 fully saturated rings. The second-order valence-electron chi connectivity index (χ2n) is 5.19. The van der Waals surface area contributed by atoms with Crippen LogP contribution in [-0.4, -0.2) is 25.6 Å². The molecule has 104 valence electrons. The number of sulfone groups is 1. The van der Waals surface area contributed by atoms with Crippen molar-refractivity contribution in [3.05, 3.63) is 29.8 Å². The molecule has 1 aromatic rings. The summed E-state index contributed by atoms with van der Waals surface area (Å²) in [6, 6.07) is 6.61. The molecule has 1 aliphatic carbocycles. The third-order valence-electron chi connectivity index (χ3n) is 3.50. The molecule has 4 nitrogen and oxygen atoms in total. The Balaban J connectivity index is 2.33. The minimum Gasteiger partial charge on any atom is -0.349 e. The first-order valence-corrected chi connectivity index (χ1v) is 8.11. The Hall–Kier alpha value is -1.36. The monoisotopic (exact) mass is 281 g/mol. The molecule has 0 atom stereocenters. The van der Waals surface area contributed by atoms with Gasteiger partial charge in [-0.2, -0.15) is 0 Å². The fraction of sp³-hybridized carbons (Fsp3) is 0.500.